The summed E-state index contributed by atoms with van der Waals surface area (Å²) in [5, 5.41) is 18.5. The molecule has 7 N–H and O–H groups in total. The summed E-state index contributed by atoms with van der Waals surface area (Å²) in [5.41, 5.74) is 17.4. The number of nitrogens with one attached hydrogen (secondary N) is 2. The Morgan fingerprint density at radius 3 is 2.33 bits per heavy atom. The molecule has 12 nitrogen and oxygen atoms in total. The molecule has 0 aliphatic carbocycles. The molecule has 3 aromatic carbocycles. The highest BCUT2D eigenvalue weighted by molar-refractivity contribution is 7.13. The number of hydrogen-bond donors (Lipinski definition) is 5. The fraction of sp³-hybridized carbons (Fsp3) is 0.452. The molecule has 1 aromatic heterocycles. The van der Waals surface area contributed by atoms with Crippen molar-refractivity contribution in [2.45, 2.75) is 110 Å². The third-order valence-electron chi connectivity index (χ3n) is 10.2. The number of aromatic nitrogens is 1. The molecule has 1 fully saturated rings. The lowest BCUT2D eigenvalue weighted by molar-refractivity contribution is -0.144. The van der Waals surface area contributed by atoms with Gasteiger partial charge in [0.15, 0.2) is 0 Å². The van der Waals surface area contributed by atoms with Gasteiger partial charge in [0, 0.05) is 38.4 Å². The van der Waals surface area contributed by atoms with Gasteiger partial charge in [-0.1, -0.05) is 75.4 Å². The topological polar surface area (TPSA) is 190 Å². The van der Waals surface area contributed by atoms with Crippen molar-refractivity contribution in [1.82, 2.24) is 20.5 Å². The van der Waals surface area contributed by atoms with Crippen LogP contribution in [0.15, 0.2) is 66.2 Å². The van der Waals surface area contributed by atoms with E-state index in [0.717, 1.165) is 43.6 Å². The molecule has 4 amide bonds. The van der Waals surface area contributed by atoms with Crippen molar-refractivity contribution in [3.63, 3.8) is 0 Å². The highest BCUT2D eigenvalue weighted by Gasteiger charge is 2.44. The number of thiazole rings is 1. The van der Waals surface area contributed by atoms with Gasteiger partial charge in [-0.2, -0.15) is 0 Å². The summed E-state index contributed by atoms with van der Waals surface area (Å²) < 4.78 is 5.98. The summed E-state index contributed by atoms with van der Waals surface area (Å²) >= 11 is 1.58. The van der Waals surface area contributed by atoms with Gasteiger partial charge in [0.05, 0.1) is 34.9 Å². The Kier molecular flexibility index (Phi) is 13.8. The summed E-state index contributed by atoms with van der Waals surface area (Å²) in [4.78, 5) is 58.8. The van der Waals surface area contributed by atoms with E-state index in [9.17, 15) is 24.3 Å². The van der Waals surface area contributed by atoms with Crippen LogP contribution in [0.4, 0.5) is 0 Å². The number of amides is 4. The van der Waals surface area contributed by atoms with Gasteiger partial charge in [-0.3, -0.25) is 19.2 Å². The number of β-amino-alcohol motifs (C(OH)–C–C–N with tert-alkyl or cyclic N) is 1. The maximum atomic E-state index is 14.1. The summed E-state index contributed by atoms with van der Waals surface area (Å²) in [7, 11) is 0. The zero-order chi connectivity index (χ0) is 39.9. The zero-order valence-corrected chi connectivity index (χ0v) is 33.2. The minimum absolute atomic E-state index is 0.00734. The summed E-state index contributed by atoms with van der Waals surface area (Å²) in [6.07, 6.45) is 0.293. The molecule has 0 spiro atoms. The fourth-order valence-electron chi connectivity index (χ4n) is 6.76. The lowest BCUT2D eigenvalue weighted by Crippen LogP contribution is -2.57. The van der Waals surface area contributed by atoms with Crippen molar-refractivity contribution >= 4 is 45.7 Å². The molecule has 1 aliphatic rings. The first-order valence-corrected chi connectivity index (χ1v) is 19.7. The van der Waals surface area contributed by atoms with Crippen LogP contribution in [0.5, 0.6) is 0 Å². The molecular weight excluding hydrogens is 717 g/mol. The van der Waals surface area contributed by atoms with E-state index < -0.39 is 29.5 Å². The van der Waals surface area contributed by atoms with Crippen LogP contribution in [-0.2, 0) is 43.5 Å². The lowest BCUT2D eigenvalue weighted by Gasteiger charge is -2.35. The normalized spacial score (nSPS) is 17.5. The maximum absolute atomic E-state index is 14.1. The number of likely N-dealkylation sites (tertiary alicyclic amines) is 1. The standard InChI is InChI=1S/C42H54N6O6S/c1-25-38(55-24-46-25)31-13-7-28(8-14-31)21-45-40(52)35-20-33(49)22-48(35)41(53)39(42(3,4)5)47-37(51)17-10-27-6-11-30-12-9-29(19-32(30)18-27)23-54-26(2)34(43)15-16-36(44)50/h6-9,11-14,18-19,24,26,33-35,39,49H,10,15-17,20-23,43H2,1-5H3,(H2,44,50)(H,45,52)(H,47,51)/t26-,33-,34+,35+,39-/m1/s1. The third-order valence-corrected chi connectivity index (χ3v) is 11.1. The van der Waals surface area contributed by atoms with E-state index in [4.69, 9.17) is 16.2 Å². The fourth-order valence-corrected chi connectivity index (χ4v) is 7.57. The van der Waals surface area contributed by atoms with Crippen molar-refractivity contribution in [2.75, 3.05) is 6.54 Å². The van der Waals surface area contributed by atoms with Crippen molar-refractivity contribution in [1.29, 1.82) is 0 Å². The highest BCUT2D eigenvalue weighted by atomic mass is 32.1. The smallest absolute Gasteiger partial charge is 0.246 e. The van der Waals surface area contributed by atoms with Crippen LogP contribution < -0.4 is 22.1 Å². The van der Waals surface area contributed by atoms with Gasteiger partial charge < -0.3 is 36.8 Å². The first-order valence-electron chi connectivity index (χ1n) is 18.8. The van der Waals surface area contributed by atoms with Crippen molar-refractivity contribution < 1.29 is 29.0 Å². The first kappa shape index (κ1) is 41.5. The lowest BCUT2D eigenvalue weighted by atomic mass is 9.85. The number of aliphatic hydroxyl groups excluding tert-OH is 1. The van der Waals surface area contributed by atoms with Gasteiger partial charge in [0.2, 0.25) is 23.6 Å². The Hall–Kier alpha value is -4.69. The number of carbonyl (C=O) groups is 4. The Morgan fingerprint density at radius 1 is 1.00 bits per heavy atom. The van der Waals surface area contributed by atoms with Gasteiger partial charge in [-0.05, 0) is 71.2 Å². The molecule has 4 aromatic rings. The van der Waals surface area contributed by atoms with Crippen molar-refractivity contribution in [3.05, 3.63) is 88.6 Å². The predicted octanol–water partition coefficient (Wildman–Crippen LogP) is 4.51. The maximum Gasteiger partial charge on any atom is 0.246 e. The molecule has 0 bridgehead atoms. The second-order valence-corrected chi connectivity index (χ2v) is 16.5. The van der Waals surface area contributed by atoms with Crippen LogP contribution in [0, 0.1) is 12.3 Å². The monoisotopic (exact) mass is 770 g/mol. The van der Waals surface area contributed by atoms with E-state index >= 15 is 0 Å². The number of primary amides is 1. The molecule has 1 aliphatic heterocycles. The van der Waals surface area contributed by atoms with E-state index in [-0.39, 0.29) is 62.2 Å². The number of aliphatic hydroxyl groups is 1. The van der Waals surface area contributed by atoms with E-state index in [2.05, 4.69) is 15.6 Å². The molecule has 5 atom stereocenters. The number of ether oxygens (including phenoxy) is 1. The van der Waals surface area contributed by atoms with Gasteiger partial charge in [-0.15, -0.1) is 11.3 Å². The molecule has 5 rings (SSSR count). The molecule has 0 unspecified atom stereocenters. The highest BCUT2D eigenvalue weighted by Crippen LogP contribution is 2.29. The number of hydrogen-bond acceptors (Lipinski definition) is 9. The number of nitrogens with two attached hydrogens (primary N) is 2. The Balaban J connectivity index is 1.16. The Bertz CT molecular complexity index is 1970. The number of aryl methyl sites for hydroxylation is 2. The van der Waals surface area contributed by atoms with Gasteiger partial charge in [-0.25, -0.2) is 4.98 Å². The zero-order valence-electron chi connectivity index (χ0n) is 32.3. The molecule has 0 saturated carbocycles. The second kappa shape index (κ2) is 18.3. The minimum atomic E-state index is -0.909. The van der Waals surface area contributed by atoms with Gasteiger partial charge in [0.1, 0.15) is 12.1 Å². The number of nitrogens with zero attached hydrogens (tertiary/aromatic N) is 2. The largest absolute Gasteiger partial charge is 0.391 e. The van der Waals surface area contributed by atoms with E-state index in [0.29, 0.717) is 19.4 Å². The number of rotatable bonds is 16. The first-order chi connectivity index (χ1) is 26.1. The molecule has 13 heteroatoms. The number of benzene rings is 3. The molecule has 0 radical (unpaired) electrons. The average molecular weight is 771 g/mol. The van der Waals surface area contributed by atoms with E-state index in [1.54, 1.807) is 11.3 Å². The van der Waals surface area contributed by atoms with Crippen LogP contribution in [0.3, 0.4) is 0 Å². The molecule has 2 heterocycles. The molecule has 55 heavy (non-hydrogen) atoms. The predicted molar refractivity (Wildman–Crippen MR) is 215 cm³/mol. The molecule has 1 saturated heterocycles. The van der Waals surface area contributed by atoms with Crippen molar-refractivity contribution in [2.24, 2.45) is 16.9 Å². The SMILES string of the molecule is Cc1ncsc1-c1ccc(CNC(=O)[C@@H]2C[C@@H](O)CN2C(=O)[C@@H](NC(=O)CCc2ccc3ccc(CO[C@H](C)[C@@H](N)CCC(N)=O)cc3c2)C(C)(C)C)cc1. The van der Waals surface area contributed by atoms with Crippen molar-refractivity contribution in [3.8, 4) is 10.4 Å². The van der Waals surface area contributed by atoms with Crippen LogP contribution >= 0.6 is 11.3 Å². The Labute approximate surface area is 327 Å². The number of carbonyl (C=O) groups excluding carboxylic acids is 4. The van der Waals surface area contributed by atoms with Crippen LogP contribution in [0.1, 0.15) is 75.8 Å². The van der Waals surface area contributed by atoms with E-state index in [1.807, 2.05) is 101 Å². The average Bonchev–Trinajstić information content (AvgIpc) is 3.77. The molecular formula is C42H54N6O6S. The van der Waals surface area contributed by atoms with Gasteiger partial charge in [0.25, 0.3) is 0 Å². The van der Waals surface area contributed by atoms with Crippen LogP contribution in [0.2, 0.25) is 0 Å². The Morgan fingerprint density at radius 2 is 1.67 bits per heavy atom. The third kappa shape index (κ3) is 11.2. The van der Waals surface area contributed by atoms with E-state index in [1.165, 1.54) is 4.90 Å². The quantitative estimate of drug-likeness (QED) is 0.110. The summed E-state index contributed by atoms with van der Waals surface area (Å²) in [5.74, 6) is -1.42. The minimum Gasteiger partial charge on any atom is -0.391 e. The van der Waals surface area contributed by atoms with Crippen LogP contribution in [0.25, 0.3) is 21.2 Å². The molecule has 294 valence electrons. The second-order valence-electron chi connectivity index (χ2n) is 15.6. The van der Waals surface area contributed by atoms with Gasteiger partial charge >= 0.3 is 0 Å². The van der Waals surface area contributed by atoms with Crippen LogP contribution in [-0.4, -0.2) is 75.5 Å². The number of fused-ring (bicyclic) bond motifs is 1. The summed E-state index contributed by atoms with van der Waals surface area (Å²) in [6.45, 7) is 10.1. The summed E-state index contributed by atoms with van der Waals surface area (Å²) in [6, 6.07) is 17.9.